The van der Waals surface area contributed by atoms with Crippen molar-refractivity contribution in [2.75, 3.05) is 14.1 Å². The van der Waals surface area contributed by atoms with Gasteiger partial charge in [-0.1, -0.05) is 48.5 Å². The van der Waals surface area contributed by atoms with E-state index in [1.807, 2.05) is 30.3 Å². The first-order valence-corrected chi connectivity index (χ1v) is 9.46. The summed E-state index contributed by atoms with van der Waals surface area (Å²) in [4.78, 5) is 38.2. The zero-order valence-electron chi connectivity index (χ0n) is 16.9. The molecule has 4 aromatic rings. The first-order valence-electron chi connectivity index (χ1n) is 9.46. The van der Waals surface area contributed by atoms with Gasteiger partial charge in [0.25, 0.3) is 17.2 Å². The zero-order valence-corrected chi connectivity index (χ0v) is 16.9. The number of carbonyl (C=O) groups is 1. The summed E-state index contributed by atoms with van der Waals surface area (Å²) in [6.07, 6.45) is 0. The van der Waals surface area contributed by atoms with Crippen molar-refractivity contribution in [3.8, 4) is 16.9 Å². The van der Waals surface area contributed by atoms with Crippen LogP contribution in [0.4, 0.5) is 5.69 Å². The maximum absolute atomic E-state index is 13.3. The lowest BCUT2D eigenvalue weighted by atomic mass is 10.0. The Morgan fingerprint density at radius 1 is 0.968 bits per heavy atom. The van der Waals surface area contributed by atoms with E-state index in [4.69, 9.17) is 0 Å². The lowest BCUT2D eigenvalue weighted by Gasteiger charge is -2.14. The van der Waals surface area contributed by atoms with Crippen LogP contribution in [0.3, 0.4) is 0 Å². The average molecular weight is 414 g/mol. The van der Waals surface area contributed by atoms with Gasteiger partial charge in [0.05, 0.1) is 16.0 Å². The van der Waals surface area contributed by atoms with Crippen LogP contribution < -0.4 is 5.56 Å². The second-order valence-corrected chi connectivity index (χ2v) is 7.14. The lowest BCUT2D eigenvalue weighted by molar-refractivity contribution is -0.384. The molecular formula is C23H18N4O4. The predicted octanol–water partition coefficient (Wildman–Crippen LogP) is 3.66. The first kappa shape index (κ1) is 20.0. The maximum Gasteiger partial charge on any atom is 0.295 e. The zero-order chi connectivity index (χ0) is 22.1. The van der Waals surface area contributed by atoms with Gasteiger partial charge in [0, 0.05) is 36.7 Å². The van der Waals surface area contributed by atoms with E-state index in [1.165, 1.54) is 23.1 Å². The molecule has 0 aliphatic rings. The van der Waals surface area contributed by atoms with Crippen LogP contribution in [0, 0.1) is 10.1 Å². The number of aromatic nitrogens is 2. The number of hydrogen-bond donors (Lipinski definition) is 0. The Bertz CT molecular complexity index is 1380. The summed E-state index contributed by atoms with van der Waals surface area (Å²) in [6.45, 7) is 0. The topological polar surface area (TPSA) is 98.3 Å². The molecule has 0 bridgehead atoms. The van der Waals surface area contributed by atoms with Crippen molar-refractivity contribution in [3.05, 3.63) is 98.8 Å². The molecule has 0 saturated heterocycles. The fourth-order valence-electron chi connectivity index (χ4n) is 3.40. The smallest absolute Gasteiger partial charge is 0.295 e. The molecule has 31 heavy (non-hydrogen) atoms. The SMILES string of the molecule is CN(C)C(=O)c1ccc([N+](=O)[O-])c(-n2nc(-c3ccccc3)c3ccccc3c2=O)c1. The summed E-state index contributed by atoms with van der Waals surface area (Å²) in [7, 11) is 3.16. The fourth-order valence-corrected chi connectivity index (χ4v) is 3.40. The van der Waals surface area contributed by atoms with E-state index in [-0.39, 0.29) is 22.8 Å². The average Bonchev–Trinajstić information content (AvgIpc) is 2.79. The van der Waals surface area contributed by atoms with E-state index in [0.717, 1.165) is 10.2 Å². The normalized spacial score (nSPS) is 10.8. The number of rotatable bonds is 4. The van der Waals surface area contributed by atoms with Gasteiger partial charge in [0.15, 0.2) is 0 Å². The molecule has 3 aromatic carbocycles. The van der Waals surface area contributed by atoms with Gasteiger partial charge in [-0.05, 0) is 18.2 Å². The summed E-state index contributed by atoms with van der Waals surface area (Å²) in [5.41, 5.74) is 0.594. The van der Waals surface area contributed by atoms with Gasteiger partial charge in [0.2, 0.25) is 0 Å². The van der Waals surface area contributed by atoms with Gasteiger partial charge in [0.1, 0.15) is 5.69 Å². The van der Waals surface area contributed by atoms with E-state index in [0.29, 0.717) is 16.5 Å². The van der Waals surface area contributed by atoms with E-state index >= 15 is 0 Å². The summed E-state index contributed by atoms with van der Waals surface area (Å²) >= 11 is 0. The lowest BCUT2D eigenvalue weighted by Crippen LogP contribution is -2.25. The van der Waals surface area contributed by atoms with Gasteiger partial charge in [-0.25, -0.2) is 0 Å². The predicted molar refractivity (Wildman–Crippen MR) is 117 cm³/mol. The van der Waals surface area contributed by atoms with E-state index in [1.54, 1.807) is 38.4 Å². The van der Waals surface area contributed by atoms with Crippen LogP contribution >= 0.6 is 0 Å². The molecule has 1 aromatic heterocycles. The molecule has 0 unspecified atom stereocenters. The van der Waals surface area contributed by atoms with Crippen molar-refractivity contribution in [1.29, 1.82) is 0 Å². The number of nitro benzene ring substituents is 1. The molecule has 0 aliphatic carbocycles. The van der Waals surface area contributed by atoms with Crippen molar-refractivity contribution in [2.45, 2.75) is 0 Å². The van der Waals surface area contributed by atoms with Crippen molar-refractivity contribution in [1.82, 2.24) is 14.7 Å². The molecule has 1 heterocycles. The molecule has 0 atom stereocenters. The minimum Gasteiger partial charge on any atom is -0.345 e. The van der Waals surface area contributed by atoms with Crippen molar-refractivity contribution < 1.29 is 9.72 Å². The van der Waals surface area contributed by atoms with Crippen LogP contribution in [0.2, 0.25) is 0 Å². The quantitative estimate of drug-likeness (QED) is 0.375. The molecule has 0 saturated carbocycles. The van der Waals surface area contributed by atoms with Crippen molar-refractivity contribution >= 4 is 22.4 Å². The summed E-state index contributed by atoms with van der Waals surface area (Å²) < 4.78 is 1.01. The summed E-state index contributed by atoms with van der Waals surface area (Å²) in [5, 5.41) is 17.2. The molecule has 8 nitrogen and oxygen atoms in total. The largest absolute Gasteiger partial charge is 0.345 e. The van der Waals surface area contributed by atoms with Gasteiger partial charge >= 0.3 is 0 Å². The second-order valence-electron chi connectivity index (χ2n) is 7.14. The highest BCUT2D eigenvalue weighted by Gasteiger charge is 2.23. The van der Waals surface area contributed by atoms with Crippen LogP contribution in [0.25, 0.3) is 27.7 Å². The minimum absolute atomic E-state index is 0.0642. The molecule has 154 valence electrons. The first-order chi connectivity index (χ1) is 14.9. The molecule has 8 heteroatoms. The van der Waals surface area contributed by atoms with Gasteiger partial charge in [-0.15, -0.1) is 0 Å². The van der Waals surface area contributed by atoms with Gasteiger partial charge < -0.3 is 4.90 Å². The number of benzene rings is 3. The fraction of sp³-hybridized carbons (Fsp3) is 0.0870. The molecule has 0 fully saturated rings. The second kappa shape index (κ2) is 7.83. The van der Waals surface area contributed by atoms with Crippen LogP contribution in [0.5, 0.6) is 0 Å². The Labute approximate surface area is 177 Å². The van der Waals surface area contributed by atoms with Crippen LogP contribution in [-0.4, -0.2) is 39.6 Å². The molecule has 0 N–H and O–H groups in total. The van der Waals surface area contributed by atoms with E-state index < -0.39 is 10.5 Å². The third-order valence-corrected chi connectivity index (χ3v) is 4.91. The third-order valence-electron chi connectivity index (χ3n) is 4.91. The molecule has 0 spiro atoms. The maximum atomic E-state index is 13.3. The summed E-state index contributed by atoms with van der Waals surface area (Å²) in [5.74, 6) is -0.340. The molecule has 0 aliphatic heterocycles. The third kappa shape index (κ3) is 3.55. The number of hydrogen-bond acceptors (Lipinski definition) is 5. The Morgan fingerprint density at radius 2 is 1.61 bits per heavy atom. The Hall–Kier alpha value is -4.33. The van der Waals surface area contributed by atoms with E-state index in [9.17, 15) is 19.7 Å². The molecule has 1 amide bonds. The number of nitro groups is 1. The Balaban J connectivity index is 2.08. The highest BCUT2D eigenvalue weighted by Crippen LogP contribution is 2.28. The monoisotopic (exact) mass is 414 g/mol. The Morgan fingerprint density at radius 3 is 2.26 bits per heavy atom. The molecule has 0 radical (unpaired) electrons. The van der Waals surface area contributed by atoms with Gasteiger partial charge in [-0.2, -0.15) is 9.78 Å². The van der Waals surface area contributed by atoms with E-state index in [2.05, 4.69) is 5.10 Å². The Kier molecular flexibility index (Phi) is 5.04. The standard InChI is InChI=1S/C23H18N4O4/c1-25(2)22(28)16-12-13-19(27(30)31)20(14-16)26-23(29)18-11-7-6-10-17(18)21(24-26)15-8-4-3-5-9-15/h3-14H,1-2H3. The van der Waals surface area contributed by atoms with Gasteiger partial charge in [-0.3, -0.25) is 19.7 Å². The van der Waals surface area contributed by atoms with Crippen LogP contribution in [-0.2, 0) is 0 Å². The number of carbonyl (C=O) groups excluding carboxylic acids is 1. The molecule has 4 rings (SSSR count). The number of amides is 1. The highest BCUT2D eigenvalue weighted by atomic mass is 16.6. The highest BCUT2D eigenvalue weighted by molar-refractivity contribution is 5.96. The number of fused-ring (bicyclic) bond motifs is 1. The van der Waals surface area contributed by atoms with Crippen molar-refractivity contribution in [2.24, 2.45) is 0 Å². The minimum atomic E-state index is -0.593. The van der Waals surface area contributed by atoms with Crippen LogP contribution in [0.1, 0.15) is 10.4 Å². The molecular weight excluding hydrogens is 396 g/mol. The number of nitrogens with zero attached hydrogens (tertiary/aromatic N) is 4. The van der Waals surface area contributed by atoms with Crippen LogP contribution in [0.15, 0.2) is 77.6 Å². The summed E-state index contributed by atoms with van der Waals surface area (Å²) in [6, 6.07) is 20.2. The van der Waals surface area contributed by atoms with Crippen molar-refractivity contribution in [3.63, 3.8) is 0 Å².